The number of rotatable bonds is 9. The largest absolute Gasteiger partial charge is 0.481 e. The molecule has 33 heavy (non-hydrogen) atoms. The lowest BCUT2D eigenvalue weighted by molar-refractivity contribution is -0.154. The lowest BCUT2D eigenvalue weighted by Crippen LogP contribution is -2.55. The molecule has 176 valence electrons. The second-order valence-electron chi connectivity index (χ2n) is 8.46. The Labute approximate surface area is 192 Å². The van der Waals surface area contributed by atoms with Gasteiger partial charge in [0.25, 0.3) is 11.8 Å². The molecule has 1 heterocycles. The maximum Gasteiger partial charge on any atom is 0.307 e. The van der Waals surface area contributed by atoms with Crippen LogP contribution < -0.4 is 11.2 Å². The van der Waals surface area contributed by atoms with E-state index in [2.05, 4.69) is 5.43 Å². The van der Waals surface area contributed by atoms with E-state index in [-0.39, 0.29) is 17.0 Å². The zero-order valence-electron chi connectivity index (χ0n) is 19.2. The van der Waals surface area contributed by atoms with Crippen molar-refractivity contribution in [2.24, 2.45) is 23.5 Å². The van der Waals surface area contributed by atoms with Gasteiger partial charge in [-0.3, -0.25) is 29.1 Å². The minimum absolute atomic E-state index is 0.240. The van der Waals surface area contributed by atoms with Gasteiger partial charge >= 0.3 is 5.97 Å². The molecule has 2 unspecified atom stereocenters. The van der Waals surface area contributed by atoms with Gasteiger partial charge in [-0.1, -0.05) is 44.5 Å². The van der Waals surface area contributed by atoms with Crippen molar-refractivity contribution in [2.45, 2.75) is 32.9 Å². The summed E-state index contributed by atoms with van der Waals surface area (Å²) in [5, 5.41) is 12.9. The number of nitrogens with zero attached hydrogens (tertiary/aromatic N) is 2. The van der Waals surface area contributed by atoms with E-state index in [9.17, 15) is 24.3 Å². The van der Waals surface area contributed by atoms with Crippen molar-refractivity contribution in [3.05, 3.63) is 47.5 Å². The topological polar surface area (TPSA) is 133 Å². The van der Waals surface area contributed by atoms with Gasteiger partial charge in [-0.2, -0.15) is 0 Å². The van der Waals surface area contributed by atoms with Crippen molar-refractivity contribution in [3.63, 3.8) is 0 Å². The van der Waals surface area contributed by atoms with E-state index >= 15 is 0 Å². The summed E-state index contributed by atoms with van der Waals surface area (Å²) in [6, 6.07) is 10.7. The van der Waals surface area contributed by atoms with Gasteiger partial charge in [-0.05, 0) is 29.3 Å². The summed E-state index contributed by atoms with van der Waals surface area (Å²) in [5.41, 5.74) is 9.55. The molecule has 9 heteroatoms. The number of hydrazine groups is 1. The molecule has 2 aromatic rings. The van der Waals surface area contributed by atoms with Gasteiger partial charge in [0.1, 0.15) is 0 Å². The Morgan fingerprint density at radius 2 is 1.64 bits per heavy atom. The van der Waals surface area contributed by atoms with E-state index in [0.29, 0.717) is 12.8 Å². The normalized spacial score (nSPS) is 16.9. The molecule has 4 atom stereocenters. The fraction of sp³-hybridized carbons (Fsp3) is 0.417. The molecule has 0 saturated heterocycles. The average Bonchev–Trinajstić information content (AvgIpc) is 3.04. The van der Waals surface area contributed by atoms with E-state index in [1.807, 2.05) is 31.2 Å². The van der Waals surface area contributed by atoms with Crippen LogP contribution in [0.5, 0.6) is 0 Å². The number of carboxylic acids is 1. The standard InChI is InChI=1S/C24H30N4O5/c1-5-8-16(21(29)27(4)26-3)19(24(32)33)13(2)20(25)28-22(30)17-11-14-9-6-7-10-15(14)12-18(17)23(28)31/h6-7,9-13,16,19-20,26H,5,8,25H2,1-4H3,(H,32,33)/t13?,16-,19+,20?/m0/s1. The summed E-state index contributed by atoms with van der Waals surface area (Å²) in [4.78, 5) is 52.5. The molecule has 3 rings (SSSR count). The zero-order chi connectivity index (χ0) is 24.4. The summed E-state index contributed by atoms with van der Waals surface area (Å²) >= 11 is 0. The van der Waals surface area contributed by atoms with Gasteiger partial charge in [0.2, 0.25) is 5.91 Å². The molecule has 4 N–H and O–H groups in total. The number of carboxylic acid groups (broad SMARTS) is 1. The van der Waals surface area contributed by atoms with Gasteiger partial charge in [0.05, 0.1) is 29.1 Å². The molecule has 0 radical (unpaired) electrons. The molecular formula is C24H30N4O5. The molecule has 0 aliphatic carbocycles. The van der Waals surface area contributed by atoms with Crippen LogP contribution in [0.15, 0.2) is 36.4 Å². The molecular weight excluding hydrogens is 424 g/mol. The Morgan fingerprint density at radius 1 is 1.12 bits per heavy atom. The Kier molecular flexibility index (Phi) is 7.14. The predicted molar refractivity (Wildman–Crippen MR) is 123 cm³/mol. The minimum Gasteiger partial charge on any atom is -0.481 e. The number of aliphatic carboxylic acids is 1. The van der Waals surface area contributed by atoms with E-state index in [1.54, 1.807) is 26.1 Å². The highest BCUT2D eigenvalue weighted by Gasteiger charge is 2.46. The number of hydrogen-bond acceptors (Lipinski definition) is 6. The number of benzene rings is 2. The molecule has 0 spiro atoms. The Balaban J connectivity index is 1.96. The molecule has 9 nitrogen and oxygen atoms in total. The summed E-state index contributed by atoms with van der Waals surface area (Å²) in [6.45, 7) is 3.43. The first-order chi connectivity index (χ1) is 15.6. The molecule has 1 aliphatic heterocycles. The monoisotopic (exact) mass is 454 g/mol. The molecule has 0 bridgehead atoms. The molecule has 3 amide bonds. The summed E-state index contributed by atoms with van der Waals surface area (Å²) < 4.78 is 0. The third-order valence-corrected chi connectivity index (χ3v) is 6.49. The number of carbonyl (C=O) groups is 4. The molecule has 0 saturated carbocycles. The Hall–Kier alpha value is -3.30. The third kappa shape index (κ3) is 4.34. The van der Waals surface area contributed by atoms with Crippen molar-refractivity contribution < 1.29 is 24.3 Å². The lowest BCUT2D eigenvalue weighted by atomic mass is 9.77. The number of nitrogens with two attached hydrogens (primary N) is 1. The smallest absolute Gasteiger partial charge is 0.307 e. The van der Waals surface area contributed by atoms with E-state index in [1.165, 1.54) is 12.1 Å². The number of nitrogens with one attached hydrogen (secondary N) is 1. The number of hydrogen-bond donors (Lipinski definition) is 3. The summed E-state index contributed by atoms with van der Waals surface area (Å²) in [7, 11) is 3.08. The maximum absolute atomic E-state index is 13.2. The van der Waals surface area contributed by atoms with E-state index < -0.39 is 41.7 Å². The van der Waals surface area contributed by atoms with Crippen molar-refractivity contribution in [2.75, 3.05) is 14.1 Å². The first-order valence-corrected chi connectivity index (χ1v) is 11.0. The highest BCUT2D eigenvalue weighted by Crippen LogP contribution is 2.34. The molecule has 1 aliphatic rings. The van der Waals surface area contributed by atoms with E-state index in [4.69, 9.17) is 5.73 Å². The van der Waals surface area contributed by atoms with Gasteiger partial charge in [0.15, 0.2) is 0 Å². The number of carbonyl (C=O) groups excluding carboxylic acids is 3. The molecule has 0 aromatic heterocycles. The summed E-state index contributed by atoms with van der Waals surface area (Å²) in [5.74, 6) is -5.64. The van der Waals surface area contributed by atoms with Crippen molar-refractivity contribution >= 4 is 34.5 Å². The van der Waals surface area contributed by atoms with Crippen LogP contribution in [0, 0.1) is 17.8 Å². The number of amides is 3. The van der Waals surface area contributed by atoms with Gasteiger partial charge in [-0.15, -0.1) is 0 Å². The fourth-order valence-electron chi connectivity index (χ4n) is 4.55. The Morgan fingerprint density at radius 3 is 2.06 bits per heavy atom. The highest BCUT2D eigenvalue weighted by molar-refractivity contribution is 6.23. The third-order valence-electron chi connectivity index (χ3n) is 6.49. The van der Waals surface area contributed by atoms with Crippen LogP contribution in [0.3, 0.4) is 0 Å². The lowest BCUT2D eigenvalue weighted by Gasteiger charge is -2.35. The highest BCUT2D eigenvalue weighted by atomic mass is 16.4. The van der Waals surface area contributed by atoms with Gasteiger partial charge in [0, 0.05) is 20.0 Å². The fourth-order valence-corrected chi connectivity index (χ4v) is 4.55. The summed E-state index contributed by atoms with van der Waals surface area (Å²) in [6.07, 6.45) is -0.306. The van der Waals surface area contributed by atoms with Crippen LogP contribution in [0.1, 0.15) is 47.4 Å². The van der Waals surface area contributed by atoms with Crippen LogP contribution in [0.25, 0.3) is 10.8 Å². The van der Waals surface area contributed by atoms with Crippen LogP contribution >= 0.6 is 0 Å². The van der Waals surface area contributed by atoms with Gasteiger partial charge in [-0.25, -0.2) is 5.43 Å². The van der Waals surface area contributed by atoms with Crippen molar-refractivity contribution in [1.29, 1.82) is 0 Å². The van der Waals surface area contributed by atoms with Crippen molar-refractivity contribution in [3.8, 4) is 0 Å². The number of fused-ring (bicyclic) bond motifs is 2. The first kappa shape index (κ1) is 24.3. The minimum atomic E-state index is -1.21. The van der Waals surface area contributed by atoms with Crippen molar-refractivity contribution in [1.82, 2.24) is 15.3 Å². The zero-order valence-corrected chi connectivity index (χ0v) is 19.2. The van der Waals surface area contributed by atoms with E-state index in [0.717, 1.165) is 15.7 Å². The number of imide groups is 1. The second-order valence-corrected chi connectivity index (χ2v) is 8.46. The predicted octanol–water partition coefficient (Wildman–Crippen LogP) is 2.07. The Bertz CT molecular complexity index is 1050. The maximum atomic E-state index is 13.2. The van der Waals surface area contributed by atoms with Crippen LogP contribution in [0.2, 0.25) is 0 Å². The van der Waals surface area contributed by atoms with Crippen LogP contribution in [0.4, 0.5) is 0 Å². The second kappa shape index (κ2) is 9.68. The average molecular weight is 455 g/mol. The molecule has 2 aromatic carbocycles. The first-order valence-electron chi connectivity index (χ1n) is 11.0. The molecule has 0 fully saturated rings. The SMILES string of the molecule is CCC[C@H](C(=O)N(C)NC)[C@H](C(=O)O)C(C)C(N)N1C(=O)c2cc3ccccc3cc2C1=O. The van der Waals surface area contributed by atoms with Crippen LogP contribution in [-0.2, 0) is 9.59 Å². The van der Waals surface area contributed by atoms with Gasteiger partial charge < -0.3 is 10.8 Å². The van der Waals surface area contributed by atoms with Crippen LogP contribution in [-0.4, -0.2) is 59.0 Å². The quantitative estimate of drug-likeness (QED) is 0.390.